The fourth-order valence-electron chi connectivity index (χ4n) is 2.76. The Hall–Kier alpha value is -2.51. The van der Waals surface area contributed by atoms with E-state index in [2.05, 4.69) is 16.9 Å². The standard InChI is InChI=1S/C20H26F3N3O2/c1-4-6-7-10-13-28-18-15(20(21,22)23)14-24-19(25-18)26(5-2)16-11-8-9-12-17(16)27-3/h8-9,11-12,14H,4-7,10,13H2,1-3H3. The molecule has 0 fully saturated rings. The van der Waals surface area contributed by atoms with Crippen LogP contribution in [0.5, 0.6) is 11.6 Å². The van der Waals surface area contributed by atoms with Gasteiger partial charge >= 0.3 is 6.18 Å². The second-order valence-corrected chi connectivity index (χ2v) is 6.21. The number of para-hydroxylation sites is 2. The van der Waals surface area contributed by atoms with E-state index in [4.69, 9.17) is 9.47 Å². The van der Waals surface area contributed by atoms with Crippen LogP contribution >= 0.6 is 0 Å². The van der Waals surface area contributed by atoms with Crippen molar-refractivity contribution in [3.63, 3.8) is 0 Å². The van der Waals surface area contributed by atoms with Crippen LogP contribution < -0.4 is 14.4 Å². The largest absolute Gasteiger partial charge is 0.495 e. The molecule has 0 aliphatic rings. The van der Waals surface area contributed by atoms with E-state index in [0.29, 0.717) is 24.4 Å². The molecule has 0 radical (unpaired) electrons. The number of methoxy groups -OCH3 is 1. The molecule has 0 N–H and O–H groups in total. The number of hydrogen-bond acceptors (Lipinski definition) is 5. The highest BCUT2D eigenvalue weighted by atomic mass is 19.4. The van der Waals surface area contributed by atoms with Crippen molar-refractivity contribution in [1.82, 2.24) is 9.97 Å². The van der Waals surface area contributed by atoms with Gasteiger partial charge in [-0.3, -0.25) is 0 Å². The molecular formula is C20H26F3N3O2. The van der Waals surface area contributed by atoms with Crippen LogP contribution in [0.4, 0.5) is 24.8 Å². The van der Waals surface area contributed by atoms with Crippen LogP contribution in [0, 0.1) is 0 Å². The van der Waals surface area contributed by atoms with Gasteiger partial charge in [-0.25, -0.2) is 4.98 Å². The number of halogens is 3. The summed E-state index contributed by atoms with van der Waals surface area (Å²) in [5.74, 6) is 0.265. The number of anilines is 2. The predicted molar refractivity (Wildman–Crippen MR) is 102 cm³/mol. The van der Waals surface area contributed by atoms with Gasteiger partial charge in [0, 0.05) is 12.7 Å². The molecule has 0 spiro atoms. The molecule has 0 amide bonds. The molecule has 0 unspecified atom stereocenters. The van der Waals surface area contributed by atoms with Gasteiger partial charge in [-0.15, -0.1) is 0 Å². The molecule has 2 rings (SSSR count). The van der Waals surface area contributed by atoms with Gasteiger partial charge in [0.2, 0.25) is 11.8 Å². The van der Waals surface area contributed by atoms with Gasteiger partial charge in [-0.2, -0.15) is 18.2 Å². The van der Waals surface area contributed by atoms with E-state index in [1.54, 1.807) is 17.0 Å². The van der Waals surface area contributed by atoms with E-state index < -0.39 is 17.6 Å². The van der Waals surface area contributed by atoms with Crippen molar-refractivity contribution < 1.29 is 22.6 Å². The minimum atomic E-state index is -4.58. The third kappa shape index (κ3) is 5.50. The fourth-order valence-corrected chi connectivity index (χ4v) is 2.76. The maximum absolute atomic E-state index is 13.3. The highest BCUT2D eigenvalue weighted by Gasteiger charge is 2.36. The topological polar surface area (TPSA) is 47.5 Å². The van der Waals surface area contributed by atoms with E-state index in [1.165, 1.54) is 7.11 Å². The van der Waals surface area contributed by atoms with E-state index in [0.717, 1.165) is 25.5 Å². The summed E-state index contributed by atoms with van der Waals surface area (Å²) < 4.78 is 50.8. The molecule has 1 aromatic carbocycles. The molecule has 0 bridgehead atoms. The Morgan fingerprint density at radius 2 is 1.82 bits per heavy atom. The average Bonchev–Trinajstić information content (AvgIpc) is 2.68. The van der Waals surface area contributed by atoms with E-state index in [9.17, 15) is 13.2 Å². The number of hydrogen-bond donors (Lipinski definition) is 0. The monoisotopic (exact) mass is 397 g/mol. The molecule has 0 saturated heterocycles. The van der Waals surface area contributed by atoms with Crippen molar-refractivity contribution in [3.05, 3.63) is 36.0 Å². The number of unbranched alkanes of at least 4 members (excludes halogenated alkanes) is 3. The summed E-state index contributed by atoms with van der Waals surface area (Å²) in [4.78, 5) is 9.73. The van der Waals surface area contributed by atoms with E-state index in [-0.39, 0.29) is 12.6 Å². The van der Waals surface area contributed by atoms with Crippen LogP contribution in [0.2, 0.25) is 0 Å². The SMILES string of the molecule is CCCCCCOc1nc(N(CC)c2ccccc2OC)ncc1C(F)(F)F. The first-order valence-corrected chi connectivity index (χ1v) is 9.39. The molecule has 1 aromatic heterocycles. The van der Waals surface area contributed by atoms with Gasteiger partial charge < -0.3 is 14.4 Å². The van der Waals surface area contributed by atoms with Gasteiger partial charge in [-0.05, 0) is 25.5 Å². The van der Waals surface area contributed by atoms with Gasteiger partial charge in [0.15, 0.2) is 0 Å². The van der Waals surface area contributed by atoms with Crippen LogP contribution in [0.25, 0.3) is 0 Å². The van der Waals surface area contributed by atoms with Crippen LogP contribution in [0.15, 0.2) is 30.5 Å². The Balaban J connectivity index is 2.34. The van der Waals surface area contributed by atoms with Crippen LogP contribution in [0.3, 0.4) is 0 Å². The Morgan fingerprint density at radius 1 is 1.07 bits per heavy atom. The van der Waals surface area contributed by atoms with Gasteiger partial charge in [0.25, 0.3) is 0 Å². The lowest BCUT2D eigenvalue weighted by Crippen LogP contribution is -2.21. The summed E-state index contributed by atoms with van der Waals surface area (Å²) in [7, 11) is 1.53. The number of rotatable bonds is 10. The van der Waals surface area contributed by atoms with Gasteiger partial charge in [0.1, 0.15) is 11.3 Å². The zero-order chi connectivity index (χ0) is 20.6. The molecule has 154 valence electrons. The third-order valence-electron chi connectivity index (χ3n) is 4.22. The van der Waals surface area contributed by atoms with Crippen molar-refractivity contribution in [2.45, 2.75) is 45.7 Å². The Labute approximate surface area is 163 Å². The molecule has 0 aliphatic carbocycles. The lowest BCUT2D eigenvalue weighted by Gasteiger charge is -2.24. The molecule has 1 heterocycles. The smallest absolute Gasteiger partial charge is 0.423 e. The van der Waals surface area contributed by atoms with E-state index in [1.807, 2.05) is 19.1 Å². The maximum atomic E-state index is 13.3. The molecule has 2 aromatic rings. The number of ether oxygens (including phenoxy) is 2. The first-order chi connectivity index (χ1) is 13.4. The van der Waals surface area contributed by atoms with Gasteiger partial charge in [-0.1, -0.05) is 38.3 Å². The molecule has 28 heavy (non-hydrogen) atoms. The predicted octanol–water partition coefficient (Wildman–Crippen LogP) is 5.62. The lowest BCUT2D eigenvalue weighted by molar-refractivity contribution is -0.139. The van der Waals surface area contributed by atoms with Crippen molar-refractivity contribution >= 4 is 11.6 Å². The molecule has 0 aliphatic heterocycles. The summed E-state index contributed by atoms with van der Waals surface area (Å²) in [6.45, 7) is 4.55. The minimum Gasteiger partial charge on any atom is -0.495 e. The maximum Gasteiger partial charge on any atom is 0.423 e. The Bertz CT molecular complexity index is 754. The molecule has 8 heteroatoms. The number of alkyl halides is 3. The van der Waals surface area contributed by atoms with Crippen LogP contribution in [-0.2, 0) is 6.18 Å². The fraction of sp³-hybridized carbons (Fsp3) is 0.500. The molecule has 5 nitrogen and oxygen atoms in total. The van der Waals surface area contributed by atoms with Crippen LogP contribution in [0.1, 0.15) is 45.1 Å². The average molecular weight is 397 g/mol. The zero-order valence-electron chi connectivity index (χ0n) is 16.4. The second-order valence-electron chi connectivity index (χ2n) is 6.21. The van der Waals surface area contributed by atoms with Crippen LogP contribution in [-0.4, -0.2) is 30.2 Å². The summed E-state index contributed by atoms with van der Waals surface area (Å²) >= 11 is 0. The van der Waals surface area contributed by atoms with Crippen molar-refractivity contribution in [2.75, 3.05) is 25.2 Å². The Morgan fingerprint density at radius 3 is 2.46 bits per heavy atom. The summed E-state index contributed by atoms with van der Waals surface area (Å²) in [5, 5.41) is 0. The normalized spacial score (nSPS) is 11.4. The minimum absolute atomic E-state index is 0.128. The summed E-state index contributed by atoms with van der Waals surface area (Å²) in [5.41, 5.74) is -0.302. The Kier molecular flexibility index (Phi) is 7.90. The number of nitrogens with zero attached hydrogens (tertiary/aromatic N) is 3. The molecule has 0 atom stereocenters. The summed E-state index contributed by atoms with van der Waals surface area (Å²) in [6, 6.07) is 7.20. The first-order valence-electron chi connectivity index (χ1n) is 9.39. The first kappa shape index (κ1) is 21.8. The molecular weight excluding hydrogens is 371 g/mol. The van der Waals surface area contributed by atoms with Crippen molar-refractivity contribution in [3.8, 4) is 11.6 Å². The molecule has 0 saturated carbocycles. The lowest BCUT2D eigenvalue weighted by atomic mass is 10.2. The zero-order valence-corrected chi connectivity index (χ0v) is 16.4. The summed E-state index contributed by atoms with van der Waals surface area (Å²) in [6.07, 6.45) is -0.176. The van der Waals surface area contributed by atoms with Crippen molar-refractivity contribution in [2.24, 2.45) is 0 Å². The van der Waals surface area contributed by atoms with Crippen molar-refractivity contribution in [1.29, 1.82) is 0 Å². The highest BCUT2D eigenvalue weighted by Crippen LogP contribution is 2.37. The number of aromatic nitrogens is 2. The quantitative estimate of drug-likeness (QED) is 0.487. The van der Waals surface area contributed by atoms with E-state index >= 15 is 0 Å². The number of benzene rings is 1. The third-order valence-corrected chi connectivity index (χ3v) is 4.22. The van der Waals surface area contributed by atoms with Gasteiger partial charge in [0.05, 0.1) is 19.4 Å². The second kappa shape index (κ2) is 10.1. The highest BCUT2D eigenvalue weighted by molar-refractivity contribution is 5.65.